The van der Waals surface area contributed by atoms with Gasteiger partial charge in [0.25, 0.3) is 0 Å². The van der Waals surface area contributed by atoms with Crippen molar-refractivity contribution in [3.05, 3.63) is 72.3 Å². The van der Waals surface area contributed by atoms with Gasteiger partial charge in [-0.1, -0.05) is 66.6 Å². The first-order chi connectivity index (χ1) is 9.43. The first-order valence-corrected chi connectivity index (χ1v) is 7.36. The second-order valence-corrected chi connectivity index (χ2v) is 5.18. The lowest BCUT2D eigenvalue weighted by molar-refractivity contribution is 0.877. The van der Waals surface area contributed by atoms with E-state index < -0.39 is 0 Å². The molecule has 19 heavy (non-hydrogen) atoms. The van der Waals surface area contributed by atoms with Crippen LogP contribution in [-0.2, 0) is 0 Å². The lowest BCUT2D eigenvalue weighted by atomic mass is 10.1. The van der Waals surface area contributed by atoms with E-state index in [4.69, 9.17) is 0 Å². The van der Waals surface area contributed by atoms with E-state index in [1.807, 2.05) is 6.07 Å². The molecule has 3 heteroatoms. The summed E-state index contributed by atoms with van der Waals surface area (Å²) in [5.41, 5.74) is 3.89. The van der Waals surface area contributed by atoms with Crippen molar-refractivity contribution in [2.75, 3.05) is 17.3 Å². The minimum Gasteiger partial charge on any atom is -0.295 e. The normalized spacial score (nSPS) is 15.8. The van der Waals surface area contributed by atoms with Gasteiger partial charge in [-0.15, -0.1) is 0 Å². The summed E-state index contributed by atoms with van der Waals surface area (Å²) in [7, 11) is 0. The van der Waals surface area contributed by atoms with Crippen LogP contribution >= 0.6 is 11.9 Å². The van der Waals surface area contributed by atoms with Gasteiger partial charge in [-0.2, -0.15) is 4.83 Å². The molecule has 2 aromatic carbocycles. The van der Waals surface area contributed by atoms with Crippen LogP contribution in [0.1, 0.15) is 5.56 Å². The number of benzene rings is 2. The Kier molecular flexibility index (Phi) is 3.86. The molecule has 0 bridgehead atoms. The molecule has 0 atom stereocenters. The zero-order valence-corrected chi connectivity index (χ0v) is 11.4. The van der Waals surface area contributed by atoms with E-state index in [0.717, 1.165) is 12.3 Å². The Morgan fingerprint density at radius 2 is 1.58 bits per heavy atom. The Hall–Kier alpha value is -1.71. The minimum absolute atomic E-state index is 0.876. The molecular formula is C16H16N2S. The first-order valence-electron chi connectivity index (χ1n) is 6.38. The molecule has 2 nitrogen and oxygen atoms in total. The average molecular weight is 268 g/mol. The number of nitrogens with one attached hydrogen (secondary N) is 1. The summed E-state index contributed by atoms with van der Waals surface area (Å²) in [5, 5.41) is 2.17. The third-order valence-corrected chi connectivity index (χ3v) is 3.94. The van der Waals surface area contributed by atoms with Crippen LogP contribution in [0.3, 0.4) is 0 Å². The molecule has 0 saturated carbocycles. The monoisotopic (exact) mass is 268 g/mol. The SMILES string of the molecule is C1=C(c2ccccc2)CSNN(c2ccccc2)C1. The van der Waals surface area contributed by atoms with Gasteiger partial charge < -0.3 is 0 Å². The lowest BCUT2D eigenvalue weighted by Gasteiger charge is -2.21. The predicted molar refractivity (Wildman–Crippen MR) is 83.8 cm³/mol. The second-order valence-electron chi connectivity index (χ2n) is 4.42. The zero-order valence-electron chi connectivity index (χ0n) is 10.6. The minimum atomic E-state index is 0.876. The second kappa shape index (κ2) is 5.95. The van der Waals surface area contributed by atoms with Gasteiger partial charge in [0.05, 0.1) is 12.2 Å². The maximum atomic E-state index is 3.40. The van der Waals surface area contributed by atoms with Gasteiger partial charge in [-0.25, -0.2) is 0 Å². The van der Waals surface area contributed by atoms with Crippen molar-refractivity contribution in [3.8, 4) is 0 Å². The molecule has 0 aliphatic carbocycles. The Labute approximate surface area is 118 Å². The molecule has 0 saturated heterocycles. The number of para-hydroxylation sites is 1. The molecule has 0 unspecified atom stereocenters. The Bertz CT molecular complexity index is 551. The Morgan fingerprint density at radius 3 is 2.32 bits per heavy atom. The highest BCUT2D eigenvalue weighted by Gasteiger charge is 2.11. The summed E-state index contributed by atoms with van der Waals surface area (Å²) >= 11 is 1.73. The maximum absolute atomic E-state index is 3.40. The molecular weight excluding hydrogens is 252 g/mol. The number of hydrogen-bond acceptors (Lipinski definition) is 3. The molecule has 1 heterocycles. The number of rotatable bonds is 2. The van der Waals surface area contributed by atoms with Crippen LogP contribution in [0.2, 0.25) is 0 Å². The summed E-state index contributed by atoms with van der Waals surface area (Å²) in [6.45, 7) is 0.876. The third kappa shape index (κ3) is 3.00. The largest absolute Gasteiger partial charge is 0.295 e. The molecule has 0 radical (unpaired) electrons. The molecule has 1 aliphatic heterocycles. The molecule has 1 aliphatic rings. The number of hydrazine groups is 1. The van der Waals surface area contributed by atoms with E-state index in [1.165, 1.54) is 16.8 Å². The summed E-state index contributed by atoms with van der Waals surface area (Å²) < 4.78 is 0. The maximum Gasteiger partial charge on any atom is 0.0540 e. The van der Waals surface area contributed by atoms with Gasteiger partial charge in [0.15, 0.2) is 0 Å². The van der Waals surface area contributed by atoms with Crippen LogP contribution in [0.5, 0.6) is 0 Å². The van der Waals surface area contributed by atoms with Crippen LogP contribution in [0, 0.1) is 0 Å². The van der Waals surface area contributed by atoms with E-state index in [1.54, 1.807) is 11.9 Å². The fourth-order valence-corrected chi connectivity index (χ4v) is 2.95. The number of hydrogen-bond donors (Lipinski definition) is 1. The quantitative estimate of drug-likeness (QED) is 0.835. The van der Waals surface area contributed by atoms with Crippen LogP contribution in [0.4, 0.5) is 5.69 Å². The average Bonchev–Trinajstić information content (AvgIpc) is 2.75. The smallest absolute Gasteiger partial charge is 0.0540 e. The zero-order chi connectivity index (χ0) is 12.9. The fraction of sp³-hybridized carbons (Fsp3) is 0.125. The van der Waals surface area contributed by atoms with E-state index in [-0.39, 0.29) is 0 Å². The molecule has 0 amide bonds. The van der Waals surface area contributed by atoms with Crippen molar-refractivity contribution in [2.45, 2.75) is 0 Å². The highest BCUT2D eigenvalue weighted by molar-refractivity contribution is 7.97. The van der Waals surface area contributed by atoms with Crippen molar-refractivity contribution in [3.63, 3.8) is 0 Å². The number of anilines is 1. The van der Waals surface area contributed by atoms with Crippen molar-refractivity contribution in [1.82, 2.24) is 4.83 Å². The van der Waals surface area contributed by atoms with E-state index in [2.05, 4.69) is 70.5 Å². The number of nitrogens with zero attached hydrogens (tertiary/aromatic N) is 1. The van der Waals surface area contributed by atoms with Crippen molar-refractivity contribution >= 4 is 23.2 Å². The van der Waals surface area contributed by atoms with Crippen molar-refractivity contribution in [2.24, 2.45) is 0 Å². The summed E-state index contributed by atoms with van der Waals surface area (Å²) in [6, 6.07) is 21.0. The fourth-order valence-electron chi connectivity index (χ4n) is 2.11. The summed E-state index contributed by atoms with van der Waals surface area (Å²) in [6.07, 6.45) is 2.30. The topological polar surface area (TPSA) is 15.3 Å². The molecule has 1 N–H and O–H groups in total. The molecule has 0 fully saturated rings. The molecule has 0 spiro atoms. The van der Waals surface area contributed by atoms with Crippen LogP contribution < -0.4 is 9.84 Å². The van der Waals surface area contributed by atoms with Gasteiger partial charge in [0, 0.05) is 5.75 Å². The molecule has 96 valence electrons. The van der Waals surface area contributed by atoms with Gasteiger partial charge >= 0.3 is 0 Å². The predicted octanol–water partition coefficient (Wildman–Crippen LogP) is 3.74. The highest BCUT2D eigenvalue weighted by atomic mass is 32.2. The Balaban J connectivity index is 1.79. The Morgan fingerprint density at radius 1 is 0.895 bits per heavy atom. The van der Waals surface area contributed by atoms with Crippen molar-refractivity contribution < 1.29 is 0 Å². The third-order valence-electron chi connectivity index (χ3n) is 3.14. The van der Waals surface area contributed by atoms with E-state index in [9.17, 15) is 0 Å². The summed E-state index contributed by atoms with van der Waals surface area (Å²) in [4.78, 5) is 3.40. The summed E-state index contributed by atoms with van der Waals surface area (Å²) in [5.74, 6) is 0.980. The molecule has 3 rings (SSSR count). The van der Waals surface area contributed by atoms with Gasteiger partial charge in [0.2, 0.25) is 0 Å². The first kappa shape index (κ1) is 12.3. The van der Waals surface area contributed by atoms with E-state index >= 15 is 0 Å². The van der Waals surface area contributed by atoms with E-state index in [0.29, 0.717) is 0 Å². The van der Waals surface area contributed by atoms with Gasteiger partial charge in [-0.05, 0) is 23.3 Å². The van der Waals surface area contributed by atoms with Gasteiger partial charge in [0.1, 0.15) is 0 Å². The van der Waals surface area contributed by atoms with Gasteiger partial charge in [-0.3, -0.25) is 5.01 Å². The standard InChI is InChI=1S/C16H16N2S/c1-3-7-14(8-4-1)15-11-12-18(17-19-13-15)16-9-5-2-6-10-16/h1-11,17H,12-13H2. The van der Waals surface area contributed by atoms with Crippen molar-refractivity contribution in [1.29, 1.82) is 0 Å². The molecule has 2 aromatic rings. The molecule has 0 aromatic heterocycles. The van der Waals surface area contributed by atoms with Crippen LogP contribution in [0.15, 0.2) is 66.7 Å². The van der Waals surface area contributed by atoms with Crippen LogP contribution in [-0.4, -0.2) is 12.3 Å². The highest BCUT2D eigenvalue weighted by Crippen LogP contribution is 2.23. The van der Waals surface area contributed by atoms with Crippen LogP contribution in [0.25, 0.3) is 5.57 Å². The lowest BCUT2D eigenvalue weighted by Crippen LogP contribution is -2.32.